The van der Waals surface area contributed by atoms with Gasteiger partial charge < -0.3 is 15.0 Å². The average molecular weight is 357 g/mol. The SMILES string of the molecule is COCC1(C2CCC2)CN(C(=O)N[C@H](C)C2CCCc3ccccc32)C1. The molecule has 142 valence electrons. The second-order valence-corrected chi connectivity index (χ2v) is 8.71. The molecule has 1 aromatic carbocycles. The quantitative estimate of drug-likeness (QED) is 0.868. The third kappa shape index (κ3) is 3.13. The number of urea groups is 1. The van der Waals surface area contributed by atoms with Crippen LogP contribution < -0.4 is 5.32 Å². The fourth-order valence-electron chi connectivity index (χ4n) is 5.33. The summed E-state index contributed by atoms with van der Waals surface area (Å²) in [5.41, 5.74) is 3.10. The third-order valence-corrected chi connectivity index (χ3v) is 7.07. The fourth-order valence-corrected chi connectivity index (χ4v) is 5.33. The zero-order valence-electron chi connectivity index (χ0n) is 16.2. The van der Waals surface area contributed by atoms with Crippen LogP contribution in [-0.4, -0.2) is 43.8 Å². The number of aryl methyl sites for hydroxylation is 1. The highest BCUT2D eigenvalue weighted by Crippen LogP contribution is 2.48. The number of amides is 2. The molecule has 2 aliphatic carbocycles. The number of methoxy groups -OCH3 is 1. The van der Waals surface area contributed by atoms with E-state index in [0.717, 1.165) is 32.0 Å². The Hall–Kier alpha value is -1.55. The summed E-state index contributed by atoms with van der Waals surface area (Å²) in [6, 6.07) is 9.00. The van der Waals surface area contributed by atoms with E-state index >= 15 is 0 Å². The average Bonchev–Trinajstić information content (AvgIpc) is 2.56. The maximum atomic E-state index is 12.8. The maximum absolute atomic E-state index is 12.8. The lowest BCUT2D eigenvalue weighted by atomic mass is 9.61. The first kappa shape index (κ1) is 17.8. The predicted octanol–water partition coefficient (Wildman–Crippen LogP) is 3.95. The number of benzene rings is 1. The summed E-state index contributed by atoms with van der Waals surface area (Å²) in [6.45, 7) is 4.66. The van der Waals surface area contributed by atoms with E-state index in [1.807, 2.05) is 4.90 Å². The van der Waals surface area contributed by atoms with Gasteiger partial charge in [-0.2, -0.15) is 0 Å². The van der Waals surface area contributed by atoms with Crippen molar-refractivity contribution in [3.63, 3.8) is 0 Å². The first-order valence-electron chi connectivity index (χ1n) is 10.3. The normalized spacial score (nSPS) is 25.6. The van der Waals surface area contributed by atoms with Gasteiger partial charge in [-0.05, 0) is 56.1 Å². The van der Waals surface area contributed by atoms with Crippen molar-refractivity contribution in [1.29, 1.82) is 0 Å². The molecule has 1 heterocycles. The summed E-state index contributed by atoms with van der Waals surface area (Å²) in [5, 5.41) is 3.29. The van der Waals surface area contributed by atoms with Crippen LogP contribution in [0.25, 0.3) is 0 Å². The van der Waals surface area contributed by atoms with E-state index in [1.165, 1.54) is 43.2 Å². The highest BCUT2D eigenvalue weighted by molar-refractivity contribution is 5.75. The molecule has 0 spiro atoms. The molecule has 0 bridgehead atoms. The molecule has 2 fully saturated rings. The molecule has 1 aromatic rings. The molecule has 1 aliphatic heterocycles. The lowest BCUT2D eigenvalue weighted by Crippen LogP contribution is -2.66. The van der Waals surface area contributed by atoms with Gasteiger partial charge in [0.2, 0.25) is 0 Å². The van der Waals surface area contributed by atoms with Gasteiger partial charge in [0, 0.05) is 37.6 Å². The van der Waals surface area contributed by atoms with Crippen molar-refractivity contribution in [3.8, 4) is 0 Å². The minimum atomic E-state index is 0.103. The number of ether oxygens (including phenoxy) is 1. The van der Waals surface area contributed by atoms with Gasteiger partial charge in [0.25, 0.3) is 0 Å². The van der Waals surface area contributed by atoms with E-state index in [1.54, 1.807) is 7.11 Å². The molecule has 2 atom stereocenters. The Bertz CT molecular complexity index is 649. The van der Waals surface area contributed by atoms with Crippen LogP contribution in [0, 0.1) is 11.3 Å². The van der Waals surface area contributed by atoms with Gasteiger partial charge in [-0.1, -0.05) is 30.7 Å². The van der Waals surface area contributed by atoms with Crippen molar-refractivity contribution >= 4 is 6.03 Å². The number of carbonyl (C=O) groups excluding carboxylic acids is 1. The van der Waals surface area contributed by atoms with Gasteiger partial charge >= 0.3 is 6.03 Å². The predicted molar refractivity (Wildman–Crippen MR) is 103 cm³/mol. The lowest BCUT2D eigenvalue weighted by molar-refractivity contribution is -0.0941. The molecule has 1 saturated carbocycles. The van der Waals surface area contributed by atoms with Gasteiger partial charge in [-0.15, -0.1) is 0 Å². The van der Waals surface area contributed by atoms with Crippen molar-refractivity contribution in [2.24, 2.45) is 11.3 Å². The van der Waals surface area contributed by atoms with Crippen LogP contribution >= 0.6 is 0 Å². The molecule has 4 nitrogen and oxygen atoms in total. The van der Waals surface area contributed by atoms with Gasteiger partial charge in [0.05, 0.1) is 6.61 Å². The summed E-state index contributed by atoms with van der Waals surface area (Å²) >= 11 is 0. The Labute approximate surface area is 157 Å². The monoisotopic (exact) mass is 356 g/mol. The molecule has 4 heteroatoms. The van der Waals surface area contributed by atoms with Crippen LogP contribution in [0.15, 0.2) is 24.3 Å². The molecular formula is C22H32N2O2. The van der Waals surface area contributed by atoms with Gasteiger partial charge in [0.15, 0.2) is 0 Å². The minimum Gasteiger partial charge on any atom is -0.384 e. The van der Waals surface area contributed by atoms with E-state index in [0.29, 0.717) is 5.92 Å². The maximum Gasteiger partial charge on any atom is 0.317 e. The molecule has 1 unspecified atom stereocenters. The van der Waals surface area contributed by atoms with Crippen molar-refractivity contribution in [1.82, 2.24) is 10.2 Å². The van der Waals surface area contributed by atoms with Crippen LogP contribution in [0.4, 0.5) is 4.79 Å². The van der Waals surface area contributed by atoms with Crippen molar-refractivity contribution in [2.45, 2.75) is 57.4 Å². The molecule has 1 N–H and O–H groups in total. The van der Waals surface area contributed by atoms with Crippen LogP contribution in [0.3, 0.4) is 0 Å². The molecule has 26 heavy (non-hydrogen) atoms. The number of carbonyl (C=O) groups is 1. The lowest BCUT2D eigenvalue weighted by Gasteiger charge is -2.56. The largest absolute Gasteiger partial charge is 0.384 e. The Kier molecular flexibility index (Phi) is 4.96. The summed E-state index contributed by atoms with van der Waals surface area (Å²) < 4.78 is 5.49. The topological polar surface area (TPSA) is 41.6 Å². The van der Waals surface area contributed by atoms with Crippen molar-refractivity contribution in [3.05, 3.63) is 35.4 Å². The molecule has 1 saturated heterocycles. The third-order valence-electron chi connectivity index (χ3n) is 7.07. The number of fused-ring (bicyclic) bond motifs is 1. The number of nitrogens with zero attached hydrogens (tertiary/aromatic N) is 1. The molecule has 0 aromatic heterocycles. The Morgan fingerprint density at radius 1 is 1.27 bits per heavy atom. The smallest absolute Gasteiger partial charge is 0.317 e. The number of nitrogens with one attached hydrogen (secondary N) is 1. The van der Waals surface area contributed by atoms with E-state index < -0.39 is 0 Å². The Balaban J connectivity index is 1.36. The number of hydrogen-bond acceptors (Lipinski definition) is 2. The first-order valence-corrected chi connectivity index (χ1v) is 10.3. The zero-order chi connectivity index (χ0) is 18.1. The van der Waals surface area contributed by atoms with Crippen molar-refractivity contribution < 1.29 is 9.53 Å². The summed E-state index contributed by atoms with van der Waals surface area (Å²) in [4.78, 5) is 14.8. The summed E-state index contributed by atoms with van der Waals surface area (Å²) in [5.74, 6) is 1.18. The second-order valence-electron chi connectivity index (χ2n) is 8.71. The number of hydrogen-bond donors (Lipinski definition) is 1. The molecule has 3 aliphatic rings. The van der Waals surface area contributed by atoms with Crippen LogP contribution in [0.5, 0.6) is 0 Å². The van der Waals surface area contributed by atoms with E-state index in [9.17, 15) is 4.79 Å². The van der Waals surface area contributed by atoms with Crippen molar-refractivity contribution in [2.75, 3.05) is 26.8 Å². The molecule has 0 radical (unpaired) electrons. The van der Waals surface area contributed by atoms with Crippen LogP contribution in [0.2, 0.25) is 0 Å². The first-order chi connectivity index (χ1) is 12.6. The van der Waals surface area contributed by atoms with Gasteiger partial charge in [-0.3, -0.25) is 0 Å². The molecular weight excluding hydrogens is 324 g/mol. The zero-order valence-corrected chi connectivity index (χ0v) is 16.2. The Morgan fingerprint density at radius 3 is 2.73 bits per heavy atom. The molecule has 2 amide bonds. The molecule has 4 rings (SSSR count). The Morgan fingerprint density at radius 2 is 2.04 bits per heavy atom. The highest BCUT2D eigenvalue weighted by Gasteiger charge is 2.52. The van der Waals surface area contributed by atoms with Gasteiger partial charge in [0.1, 0.15) is 0 Å². The summed E-state index contributed by atoms with van der Waals surface area (Å²) in [6.07, 6.45) is 7.47. The van der Waals surface area contributed by atoms with Crippen LogP contribution in [0.1, 0.15) is 56.1 Å². The van der Waals surface area contributed by atoms with E-state index in [2.05, 4.69) is 36.5 Å². The van der Waals surface area contributed by atoms with Gasteiger partial charge in [-0.25, -0.2) is 4.79 Å². The number of rotatable bonds is 5. The number of likely N-dealkylation sites (tertiary alicyclic amines) is 1. The van der Waals surface area contributed by atoms with E-state index in [4.69, 9.17) is 4.74 Å². The summed E-state index contributed by atoms with van der Waals surface area (Å²) in [7, 11) is 1.78. The van der Waals surface area contributed by atoms with Crippen LogP contribution in [-0.2, 0) is 11.2 Å². The second kappa shape index (κ2) is 7.22. The highest BCUT2D eigenvalue weighted by atomic mass is 16.5. The fraction of sp³-hybridized carbons (Fsp3) is 0.682. The van der Waals surface area contributed by atoms with E-state index in [-0.39, 0.29) is 17.5 Å². The minimum absolute atomic E-state index is 0.103. The standard InChI is InChI=1S/C22H32N2O2/c1-16(19-12-5-8-17-7-3-4-11-20(17)19)23-21(25)24-13-22(14-24,15-26-2)18-9-6-10-18/h3-4,7,11,16,18-19H,5-6,8-10,12-15H2,1-2H3,(H,23,25)/t16-,19?/m1/s1.